The van der Waals surface area contributed by atoms with Gasteiger partial charge in [-0.15, -0.1) is 0 Å². The van der Waals surface area contributed by atoms with Gasteiger partial charge >= 0.3 is 5.97 Å². The van der Waals surface area contributed by atoms with Gasteiger partial charge in [0, 0.05) is 5.56 Å². The van der Waals surface area contributed by atoms with E-state index in [0.29, 0.717) is 11.5 Å². The molecule has 0 aliphatic heterocycles. The number of ether oxygens (including phenoxy) is 1. The average Bonchev–Trinajstić information content (AvgIpc) is 3.08. The summed E-state index contributed by atoms with van der Waals surface area (Å²) in [4.78, 5) is 23.0. The zero-order chi connectivity index (χ0) is 14.1. The SMILES string of the molecule is NC(=O)c1ccc(COC(=O)C2CC3CCC2C3)cc1. The molecule has 2 bridgehead atoms. The molecule has 1 amide bonds. The molecule has 0 radical (unpaired) electrons. The summed E-state index contributed by atoms with van der Waals surface area (Å²) in [6.45, 7) is 0.270. The van der Waals surface area contributed by atoms with Crippen molar-refractivity contribution in [2.24, 2.45) is 23.5 Å². The molecule has 3 unspecified atom stereocenters. The van der Waals surface area contributed by atoms with Gasteiger partial charge in [-0.2, -0.15) is 0 Å². The molecule has 106 valence electrons. The Morgan fingerprint density at radius 3 is 2.45 bits per heavy atom. The van der Waals surface area contributed by atoms with Gasteiger partial charge in [0.15, 0.2) is 0 Å². The lowest BCUT2D eigenvalue weighted by Gasteiger charge is -2.19. The van der Waals surface area contributed by atoms with Crippen LogP contribution in [0.3, 0.4) is 0 Å². The highest BCUT2D eigenvalue weighted by Crippen LogP contribution is 2.48. The number of benzene rings is 1. The topological polar surface area (TPSA) is 69.4 Å². The van der Waals surface area contributed by atoms with E-state index in [1.165, 1.54) is 19.3 Å². The predicted molar refractivity (Wildman–Crippen MR) is 73.7 cm³/mol. The first-order valence-corrected chi connectivity index (χ1v) is 7.19. The van der Waals surface area contributed by atoms with Crippen molar-refractivity contribution in [3.8, 4) is 0 Å². The van der Waals surface area contributed by atoms with Gasteiger partial charge in [0.05, 0.1) is 5.92 Å². The predicted octanol–water partition coefficient (Wildman–Crippen LogP) is 2.26. The Balaban J connectivity index is 1.54. The quantitative estimate of drug-likeness (QED) is 0.855. The highest BCUT2D eigenvalue weighted by atomic mass is 16.5. The first-order chi connectivity index (χ1) is 9.63. The molecule has 2 saturated carbocycles. The number of esters is 1. The van der Waals surface area contributed by atoms with E-state index in [4.69, 9.17) is 10.5 Å². The summed E-state index contributed by atoms with van der Waals surface area (Å²) in [5, 5.41) is 0. The van der Waals surface area contributed by atoms with Crippen LogP contribution in [0.5, 0.6) is 0 Å². The first-order valence-electron chi connectivity index (χ1n) is 7.19. The molecule has 2 fully saturated rings. The zero-order valence-corrected chi connectivity index (χ0v) is 11.4. The summed E-state index contributed by atoms with van der Waals surface area (Å²) in [6.07, 6.45) is 4.66. The third kappa shape index (κ3) is 2.55. The summed E-state index contributed by atoms with van der Waals surface area (Å²) >= 11 is 0. The van der Waals surface area contributed by atoms with Crippen molar-refractivity contribution in [3.63, 3.8) is 0 Å². The second kappa shape index (κ2) is 5.27. The van der Waals surface area contributed by atoms with Crippen LogP contribution in [-0.4, -0.2) is 11.9 Å². The third-order valence-electron chi connectivity index (χ3n) is 4.66. The smallest absolute Gasteiger partial charge is 0.309 e. The summed E-state index contributed by atoms with van der Waals surface area (Å²) in [5.41, 5.74) is 6.53. The van der Waals surface area contributed by atoms with Crippen molar-refractivity contribution in [1.82, 2.24) is 0 Å². The maximum Gasteiger partial charge on any atom is 0.309 e. The van der Waals surface area contributed by atoms with Gasteiger partial charge in [-0.3, -0.25) is 9.59 Å². The Morgan fingerprint density at radius 1 is 1.15 bits per heavy atom. The maximum atomic E-state index is 12.1. The van der Waals surface area contributed by atoms with Crippen LogP contribution in [0.1, 0.15) is 41.6 Å². The van der Waals surface area contributed by atoms with Crippen LogP contribution in [0.2, 0.25) is 0 Å². The summed E-state index contributed by atoms with van der Waals surface area (Å²) in [5.74, 6) is 0.891. The fraction of sp³-hybridized carbons (Fsp3) is 0.500. The second-order valence-corrected chi connectivity index (χ2v) is 5.95. The molecule has 1 aromatic rings. The van der Waals surface area contributed by atoms with Crippen LogP contribution in [0, 0.1) is 17.8 Å². The average molecular weight is 273 g/mol. The summed E-state index contributed by atoms with van der Waals surface area (Å²) < 4.78 is 5.41. The van der Waals surface area contributed by atoms with E-state index >= 15 is 0 Å². The van der Waals surface area contributed by atoms with Gasteiger partial charge in [-0.25, -0.2) is 0 Å². The summed E-state index contributed by atoms with van der Waals surface area (Å²) in [7, 11) is 0. The van der Waals surface area contributed by atoms with E-state index in [1.54, 1.807) is 24.3 Å². The molecular weight excluding hydrogens is 254 g/mol. The van der Waals surface area contributed by atoms with Crippen LogP contribution in [0.25, 0.3) is 0 Å². The number of hydrogen-bond donors (Lipinski definition) is 1. The fourth-order valence-electron chi connectivity index (χ4n) is 3.56. The minimum absolute atomic E-state index is 0.0591. The number of rotatable bonds is 4. The molecule has 2 aliphatic rings. The first kappa shape index (κ1) is 13.2. The maximum absolute atomic E-state index is 12.1. The lowest BCUT2D eigenvalue weighted by Crippen LogP contribution is -2.23. The monoisotopic (exact) mass is 273 g/mol. The fourth-order valence-corrected chi connectivity index (χ4v) is 3.56. The number of primary amides is 1. The molecule has 3 rings (SSSR count). The van der Waals surface area contributed by atoms with Crippen molar-refractivity contribution >= 4 is 11.9 Å². The van der Waals surface area contributed by atoms with Crippen molar-refractivity contribution in [3.05, 3.63) is 35.4 Å². The Hall–Kier alpha value is -1.84. The molecule has 0 saturated heterocycles. The molecule has 4 nitrogen and oxygen atoms in total. The molecule has 3 atom stereocenters. The Kier molecular flexibility index (Phi) is 3.47. The highest BCUT2D eigenvalue weighted by Gasteiger charge is 2.43. The van der Waals surface area contributed by atoms with Gasteiger partial charge in [0.2, 0.25) is 5.91 Å². The molecule has 1 aromatic carbocycles. The number of amides is 1. The Morgan fingerprint density at radius 2 is 1.90 bits per heavy atom. The Labute approximate surface area is 118 Å². The molecule has 0 spiro atoms. The van der Waals surface area contributed by atoms with Crippen LogP contribution < -0.4 is 5.73 Å². The largest absolute Gasteiger partial charge is 0.461 e. The van der Waals surface area contributed by atoms with Gasteiger partial charge in [-0.05, 0) is 48.8 Å². The molecule has 2 N–H and O–H groups in total. The standard InChI is InChI=1S/C16H19NO3/c17-15(18)12-4-1-10(2-5-12)9-20-16(19)14-8-11-3-6-13(14)7-11/h1-2,4-5,11,13-14H,3,6-9H2,(H2,17,18). The second-order valence-electron chi connectivity index (χ2n) is 5.95. The number of carbonyl (C=O) groups excluding carboxylic acids is 2. The minimum atomic E-state index is -0.449. The van der Waals surface area contributed by atoms with Gasteiger partial charge in [-0.1, -0.05) is 18.6 Å². The molecule has 20 heavy (non-hydrogen) atoms. The van der Waals surface area contributed by atoms with Crippen LogP contribution in [-0.2, 0) is 16.1 Å². The molecule has 0 heterocycles. The summed E-state index contributed by atoms with van der Waals surface area (Å²) in [6, 6.07) is 6.86. The molecule has 0 aromatic heterocycles. The van der Waals surface area contributed by atoms with Gasteiger partial charge in [0.25, 0.3) is 0 Å². The van der Waals surface area contributed by atoms with E-state index in [1.807, 2.05) is 0 Å². The van der Waals surface area contributed by atoms with Crippen LogP contribution in [0.15, 0.2) is 24.3 Å². The van der Waals surface area contributed by atoms with Crippen molar-refractivity contribution in [2.45, 2.75) is 32.3 Å². The van der Waals surface area contributed by atoms with E-state index in [9.17, 15) is 9.59 Å². The van der Waals surface area contributed by atoms with Gasteiger partial charge in [0.1, 0.15) is 6.61 Å². The molecular formula is C16H19NO3. The van der Waals surface area contributed by atoms with Crippen molar-refractivity contribution < 1.29 is 14.3 Å². The molecule has 4 heteroatoms. The van der Waals surface area contributed by atoms with Crippen LogP contribution >= 0.6 is 0 Å². The lowest BCUT2D eigenvalue weighted by atomic mass is 9.89. The normalized spacial score (nSPS) is 27.5. The lowest BCUT2D eigenvalue weighted by molar-refractivity contribution is -0.151. The van der Waals surface area contributed by atoms with Crippen molar-refractivity contribution in [1.29, 1.82) is 0 Å². The minimum Gasteiger partial charge on any atom is -0.461 e. The van der Waals surface area contributed by atoms with E-state index in [2.05, 4.69) is 0 Å². The van der Waals surface area contributed by atoms with Crippen molar-refractivity contribution in [2.75, 3.05) is 0 Å². The number of nitrogens with two attached hydrogens (primary N) is 1. The molecule has 2 aliphatic carbocycles. The van der Waals surface area contributed by atoms with E-state index < -0.39 is 5.91 Å². The third-order valence-corrected chi connectivity index (χ3v) is 4.66. The van der Waals surface area contributed by atoms with E-state index in [0.717, 1.165) is 17.9 Å². The van der Waals surface area contributed by atoms with Gasteiger partial charge < -0.3 is 10.5 Å². The number of hydrogen-bond acceptors (Lipinski definition) is 3. The zero-order valence-electron chi connectivity index (χ0n) is 11.4. The number of fused-ring (bicyclic) bond motifs is 2. The Bertz CT molecular complexity index is 523. The van der Waals surface area contributed by atoms with Crippen LogP contribution in [0.4, 0.5) is 0 Å². The highest BCUT2D eigenvalue weighted by molar-refractivity contribution is 5.92. The number of carbonyl (C=O) groups is 2. The van der Waals surface area contributed by atoms with E-state index in [-0.39, 0.29) is 18.5 Å².